The van der Waals surface area contributed by atoms with Gasteiger partial charge in [-0.2, -0.15) is 0 Å². The number of nitrogens with one attached hydrogen (secondary N) is 2. The molecule has 0 aromatic rings. The lowest BCUT2D eigenvalue weighted by molar-refractivity contribution is -0.136. The van der Waals surface area contributed by atoms with Crippen LogP contribution in [0.5, 0.6) is 0 Å². The van der Waals surface area contributed by atoms with Gasteiger partial charge in [0.25, 0.3) is 0 Å². The second kappa shape index (κ2) is 16.3. The number of aliphatic carboxylic acids is 1. The van der Waals surface area contributed by atoms with Crippen molar-refractivity contribution in [1.82, 2.24) is 10.6 Å². The Kier molecular flexibility index (Phi) is 15.5. The molecule has 0 heterocycles. The van der Waals surface area contributed by atoms with Gasteiger partial charge in [0.2, 0.25) is 5.91 Å². The van der Waals surface area contributed by atoms with Crippen LogP contribution in [0.25, 0.3) is 0 Å². The molecule has 0 unspecified atom stereocenters. The average Bonchev–Trinajstić information content (AvgIpc) is 2.48. The summed E-state index contributed by atoms with van der Waals surface area (Å²) >= 11 is 0. The summed E-state index contributed by atoms with van der Waals surface area (Å²) in [4.78, 5) is 21.8. The van der Waals surface area contributed by atoms with Crippen molar-refractivity contribution in [2.75, 3.05) is 19.6 Å². The molecule has 0 spiro atoms. The van der Waals surface area contributed by atoms with Crippen LogP contribution < -0.4 is 10.6 Å². The monoisotopic (exact) mass is 314 g/mol. The molecule has 130 valence electrons. The highest BCUT2D eigenvalue weighted by molar-refractivity contribution is 5.75. The standard InChI is InChI=1S/C17H34N2O3/c1-2-3-4-5-6-7-8-9-10-11-16(20)19-15-14-18-13-12-17(21)22/h18H,2-15H2,1H3,(H,19,20)(H,21,22). The van der Waals surface area contributed by atoms with Gasteiger partial charge < -0.3 is 15.7 Å². The molecule has 0 atom stereocenters. The fourth-order valence-corrected chi connectivity index (χ4v) is 2.30. The minimum absolute atomic E-state index is 0.1000. The number of carboxylic acid groups (broad SMARTS) is 1. The van der Waals surface area contributed by atoms with Gasteiger partial charge in [-0.1, -0.05) is 58.3 Å². The Hall–Kier alpha value is -1.10. The minimum Gasteiger partial charge on any atom is -0.481 e. The van der Waals surface area contributed by atoms with E-state index in [0.29, 0.717) is 26.1 Å². The second-order valence-corrected chi connectivity index (χ2v) is 5.82. The van der Waals surface area contributed by atoms with Crippen LogP contribution in [0.15, 0.2) is 0 Å². The Morgan fingerprint density at radius 3 is 1.95 bits per heavy atom. The Bertz CT molecular complexity index is 283. The predicted molar refractivity (Wildman–Crippen MR) is 90.0 cm³/mol. The third kappa shape index (κ3) is 17.0. The molecule has 5 heteroatoms. The molecule has 22 heavy (non-hydrogen) atoms. The number of rotatable bonds is 16. The zero-order valence-electron chi connectivity index (χ0n) is 14.2. The predicted octanol–water partition coefficient (Wildman–Crippen LogP) is 3.09. The smallest absolute Gasteiger partial charge is 0.304 e. The molecule has 0 saturated carbocycles. The lowest BCUT2D eigenvalue weighted by atomic mass is 10.1. The maximum absolute atomic E-state index is 11.6. The van der Waals surface area contributed by atoms with Crippen molar-refractivity contribution in [3.63, 3.8) is 0 Å². The molecular weight excluding hydrogens is 280 g/mol. The van der Waals surface area contributed by atoms with Gasteiger partial charge in [0.1, 0.15) is 0 Å². The van der Waals surface area contributed by atoms with Crippen molar-refractivity contribution in [3.05, 3.63) is 0 Å². The summed E-state index contributed by atoms with van der Waals surface area (Å²) < 4.78 is 0. The highest BCUT2D eigenvalue weighted by Crippen LogP contribution is 2.10. The number of hydrogen-bond donors (Lipinski definition) is 3. The molecule has 0 aromatic carbocycles. The highest BCUT2D eigenvalue weighted by atomic mass is 16.4. The van der Waals surface area contributed by atoms with Crippen molar-refractivity contribution in [2.24, 2.45) is 0 Å². The van der Waals surface area contributed by atoms with Crippen molar-refractivity contribution in [3.8, 4) is 0 Å². The first-order chi connectivity index (χ1) is 10.7. The molecule has 0 rings (SSSR count). The van der Waals surface area contributed by atoms with Crippen LogP contribution >= 0.6 is 0 Å². The first-order valence-corrected chi connectivity index (χ1v) is 8.86. The van der Waals surface area contributed by atoms with Gasteiger partial charge in [0.05, 0.1) is 6.42 Å². The summed E-state index contributed by atoms with van der Waals surface area (Å²) in [6.07, 6.45) is 12.0. The summed E-state index contributed by atoms with van der Waals surface area (Å²) in [5, 5.41) is 14.3. The normalized spacial score (nSPS) is 10.6. The molecule has 0 aliphatic rings. The molecule has 0 saturated heterocycles. The van der Waals surface area contributed by atoms with Crippen LogP contribution in [0, 0.1) is 0 Å². The van der Waals surface area contributed by atoms with E-state index < -0.39 is 5.97 Å². The maximum Gasteiger partial charge on any atom is 0.304 e. The molecular formula is C17H34N2O3. The van der Waals surface area contributed by atoms with E-state index in [1.165, 1.54) is 44.9 Å². The van der Waals surface area contributed by atoms with Crippen LogP contribution in [-0.2, 0) is 9.59 Å². The Balaban J connectivity index is 3.17. The van der Waals surface area contributed by atoms with Crippen molar-refractivity contribution in [1.29, 1.82) is 0 Å². The van der Waals surface area contributed by atoms with E-state index in [1.54, 1.807) is 0 Å². The fourth-order valence-electron chi connectivity index (χ4n) is 2.30. The third-order valence-electron chi connectivity index (χ3n) is 3.65. The van der Waals surface area contributed by atoms with E-state index in [9.17, 15) is 9.59 Å². The van der Waals surface area contributed by atoms with E-state index in [2.05, 4.69) is 17.6 Å². The molecule has 0 radical (unpaired) electrons. The Morgan fingerprint density at radius 1 is 0.773 bits per heavy atom. The van der Waals surface area contributed by atoms with Crippen molar-refractivity contribution >= 4 is 11.9 Å². The summed E-state index contributed by atoms with van der Waals surface area (Å²) in [7, 11) is 0. The number of unbranched alkanes of at least 4 members (excludes halogenated alkanes) is 8. The molecule has 0 bridgehead atoms. The summed E-state index contributed by atoms with van der Waals surface area (Å²) in [6.45, 7) is 3.87. The fraction of sp³-hybridized carbons (Fsp3) is 0.882. The second-order valence-electron chi connectivity index (χ2n) is 5.82. The minimum atomic E-state index is -0.804. The van der Waals surface area contributed by atoms with Crippen molar-refractivity contribution < 1.29 is 14.7 Å². The maximum atomic E-state index is 11.6. The van der Waals surface area contributed by atoms with Gasteiger partial charge >= 0.3 is 5.97 Å². The zero-order chi connectivity index (χ0) is 16.5. The molecule has 3 N–H and O–H groups in total. The van der Waals surface area contributed by atoms with Crippen molar-refractivity contribution in [2.45, 2.75) is 77.6 Å². The largest absolute Gasteiger partial charge is 0.481 e. The number of carbonyl (C=O) groups is 2. The van der Waals surface area contributed by atoms with E-state index in [0.717, 1.165) is 12.8 Å². The third-order valence-corrected chi connectivity index (χ3v) is 3.65. The van der Waals surface area contributed by atoms with Crippen LogP contribution in [0.4, 0.5) is 0 Å². The summed E-state index contributed by atoms with van der Waals surface area (Å²) in [6, 6.07) is 0. The summed E-state index contributed by atoms with van der Waals surface area (Å²) in [5.41, 5.74) is 0. The van der Waals surface area contributed by atoms with Crippen LogP contribution in [0.1, 0.15) is 77.6 Å². The van der Waals surface area contributed by atoms with E-state index in [1.807, 2.05) is 0 Å². The van der Waals surface area contributed by atoms with Gasteiger partial charge in [-0.15, -0.1) is 0 Å². The van der Waals surface area contributed by atoms with Crippen LogP contribution in [0.3, 0.4) is 0 Å². The van der Waals surface area contributed by atoms with E-state index >= 15 is 0 Å². The quantitative estimate of drug-likeness (QED) is 0.383. The Labute approximate surface area is 135 Å². The topological polar surface area (TPSA) is 78.4 Å². The number of carbonyl (C=O) groups excluding carboxylic acids is 1. The highest BCUT2D eigenvalue weighted by Gasteiger charge is 2.00. The molecule has 0 fully saturated rings. The van der Waals surface area contributed by atoms with Gasteiger partial charge in [0, 0.05) is 26.1 Å². The Morgan fingerprint density at radius 2 is 1.36 bits per heavy atom. The molecule has 0 aliphatic carbocycles. The van der Waals surface area contributed by atoms with Gasteiger partial charge in [-0.05, 0) is 6.42 Å². The molecule has 0 aromatic heterocycles. The van der Waals surface area contributed by atoms with E-state index in [4.69, 9.17) is 5.11 Å². The summed E-state index contributed by atoms with van der Waals surface area (Å²) in [5.74, 6) is -0.704. The zero-order valence-corrected chi connectivity index (χ0v) is 14.2. The van der Waals surface area contributed by atoms with Gasteiger partial charge in [-0.25, -0.2) is 0 Å². The SMILES string of the molecule is CCCCCCCCCCCC(=O)NCCNCCC(=O)O. The van der Waals surface area contributed by atoms with Crippen LogP contribution in [-0.4, -0.2) is 36.6 Å². The number of hydrogen-bond acceptors (Lipinski definition) is 3. The van der Waals surface area contributed by atoms with Gasteiger partial charge in [-0.3, -0.25) is 9.59 Å². The molecule has 5 nitrogen and oxygen atoms in total. The van der Waals surface area contributed by atoms with Crippen LogP contribution in [0.2, 0.25) is 0 Å². The molecule has 0 aliphatic heterocycles. The number of carboxylic acids is 1. The first-order valence-electron chi connectivity index (χ1n) is 8.86. The lowest BCUT2D eigenvalue weighted by Gasteiger charge is -2.06. The number of amides is 1. The molecule has 1 amide bonds. The van der Waals surface area contributed by atoms with Gasteiger partial charge in [0.15, 0.2) is 0 Å². The first kappa shape index (κ1) is 20.9. The van der Waals surface area contributed by atoms with E-state index in [-0.39, 0.29) is 12.3 Å². The average molecular weight is 314 g/mol. The lowest BCUT2D eigenvalue weighted by Crippen LogP contribution is -2.32.